The van der Waals surface area contributed by atoms with Crippen LogP contribution in [0.2, 0.25) is 0 Å². The number of rotatable bonds is 4. The Balaban J connectivity index is 2.63. The van der Waals surface area contributed by atoms with Gasteiger partial charge in [-0.1, -0.05) is 36.4 Å². The highest BCUT2D eigenvalue weighted by Crippen LogP contribution is 2.30. The van der Waals surface area contributed by atoms with E-state index in [4.69, 9.17) is 11.5 Å². The molecule has 0 aliphatic carbocycles. The van der Waals surface area contributed by atoms with E-state index >= 15 is 0 Å². The molecular weight excluding hydrogens is 356 g/mol. The molecule has 0 atom stereocenters. The number of nitrogens with two attached hydrogens (primary N) is 2. The zero-order valence-corrected chi connectivity index (χ0v) is 13.8. The van der Waals surface area contributed by atoms with Crippen LogP contribution in [0, 0.1) is 0 Å². The minimum Gasteiger partial charge on any atom is -0.397 e. The Morgan fingerprint density at radius 1 is 0.792 bits per heavy atom. The summed E-state index contributed by atoms with van der Waals surface area (Å²) in [6.45, 7) is 0. The second kappa shape index (κ2) is 6.24. The number of nitrogen functional groups attached to an aromatic ring is 2. The summed E-state index contributed by atoms with van der Waals surface area (Å²) in [7, 11) is -9.11. The summed E-state index contributed by atoms with van der Waals surface area (Å²) in [5.74, 6) is 0. The predicted molar refractivity (Wildman–Crippen MR) is 90.3 cm³/mol. The van der Waals surface area contributed by atoms with Gasteiger partial charge < -0.3 is 11.5 Å². The zero-order valence-electron chi connectivity index (χ0n) is 12.1. The molecule has 0 saturated heterocycles. The lowest BCUT2D eigenvalue weighted by Gasteiger charge is -2.09. The summed E-state index contributed by atoms with van der Waals surface area (Å²) in [6.07, 6.45) is 2.51. The Morgan fingerprint density at radius 3 is 1.96 bits per heavy atom. The summed E-state index contributed by atoms with van der Waals surface area (Å²) in [4.78, 5) is -0.929. The first-order valence-corrected chi connectivity index (χ1v) is 9.30. The fourth-order valence-electron chi connectivity index (χ4n) is 2.08. The lowest BCUT2D eigenvalue weighted by Crippen LogP contribution is -2.08. The van der Waals surface area contributed by atoms with Crippen molar-refractivity contribution in [2.24, 2.45) is 0 Å². The van der Waals surface area contributed by atoms with Crippen molar-refractivity contribution in [3.05, 3.63) is 47.5 Å². The molecule has 0 heterocycles. The maximum atomic E-state index is 11.5. The molecular formula is C14H14N2O6S2. The molecule has 0 amide bonds. The fraction of sp³-hybridized carbons (Fsp3) is 0. The number of hydrogen-bond donors (Lipinski definition) is 4. The maximum absolute atomic E-state index is 11.5. The van der Waals surface area contributed by atoms with E-state index in [0.717, 1.165) is 0 Å². The molecule has 0 aliphatic heterocycles. The summed E-state index contributed by atoms with van der Waals surface area (Å²) in [5.41, 5.74) is 10.9. The van der Waals surface area contributed by atoms with Crippen LogP contribution in [0.1, 0.15) is 11.1 Å². The Hall–Kier alpha value is -2.40. The molecule has 0 radical (unpaired) electrons. The molecule has 128 valence electrons. The number of benzene rings is 2. The van der Waals surface area contributed by atoms with E-state index in [0.29, 0.717) is 0 Å². The highest BCUT2D eigenvalue weighted by molar-refractivity contribution is 7.86. The van der Waals surface area contributed by atoms with E-state index in [1.165, 1.54) is 48.6 Å². The summed E-state index contributed by atoms with van der Waals surface area (Å²) < 4.78 is 64.2. The van der Waals surface area contributed by atoms with Gasteiger partial charge in [0, 0.05) is 0 Å². The number of anilines is 2. The van der Waals surface area contributed by atoms with Crippen LogP contribution in [-0.4, -0.2) is 25.9 Å². The fourth-order valence-corrected chi connectivity index (χ4v) is 3.60. The third-order valence-electron chi connectivity index (χ3n) is 3.16. The van der Waals surface area contributed by atoms with Crippen molar-refractivity contribution in [3.8, 4) is 0 Å². The smallest absolute Gasteiger partial charge is 0.297 e. The lowest BCUT2D eigenvalue weighted by atomic mass is 10.1. The molecule has 0 spiro atoms. The first-order valence-electron chi connectivity index (χ1n) is 6.42. The molecule has 0 aliphatic rings. The molecule has 0 saturated carbocycles. The molecule has 6 N–H and O–H groups in total. The molecule has 24 heavy (non-hydrogen) atoms. The minimum atomic E-state index is -4.65. The van der Waals surface area contributed by atoms with Crippen LogP contribution < -0.4 is 11.5 Å². The second-order valence-electron chi connectivity index (χ2n) is 4.81. The van der Waals surface area contributed by atoms with Crippen LogP contribution in [0.5, 0.6) is 0 Å². The van der Waals surface area contributed by atoms with Crippen molar-refractivity contribution in [2.75, 3.05) is 11.5 Å². The molecule has 0 bridgehead atoms. The van der Waals surface area contributed by atoms with Gasteiger partial charge in [0.05, 0.1) is 11.4 Å². The van der Waals surface area contributed by atoms with Gasteiger partial charge in [-0.2, -0.15) is 16.8 Å². The second-order valence-corrected chi connectivity index (χ2v) is 7.56. The molecule has 0 unspecified atom stereocenters. The largest absolute Gasteiger partial charge is 0.397 e. The molecule has 2 aromatic rings. The average molecular weight is 370 g/mol. The summed E-state index contributed by atoms with van der Waals surface area (Å²) in [5, 5.41) is 0. The summed E-state index contributed by atoms with van der Waals surface area (Å²) >= 11 is 0. The van der Waals surface area contributed by atoms with E-state index < -0.39 is 25.1 Å². The Kier molecular flexibility index (Phi) is 4.67. The van der Waals surface area contributed by atoms with Crippen LogP contribution in [0.25, 0.3) is 12.2 Å². The van der Waals surface area contributed by atoms with Crippen molar-refractivity contribution in [1.82, 2.24) is 0 Å². The Morgan fingerprint density at radius 2 is 1.38 bits per heavy atom. The van der Waals surface area contributed by atoms with E-state index in [1.54, 1.807) is 0 Å². The first-order chi connectivity index (χ1) is 11.0. The van der Waals surface area contributed by atoms with Crippen LogP contribution in [0.3, 0.4) is 0 Å². The van der Waals surface area contributed by atoms with E-state index in [1.807, 2.05) is 0 Å². The average Bonchev–Trinajstić information content (AvgIpc) is 2.46. The standard InChI is InChI=1S/C14H14N2O6S2/c15-11-8-7-10(14(13(11)16)24(20,21)22)6-5-9-3-1-2-4-12(9)23(17,18)19/h1-8H,15-16H2,(H,17,18,19)(H,20,21,22). The van der Waals surface area contributed by atoms with E-state index in [2.05, 4.69) is 0 Å². The molecule has 10 heteroatoms. The van der Waals surface area contributed by atoms with Crippen LogP contribution in [-0.2, 0) is 20.2 Å². The predicted octanol–water partition coefficient (Wildman–Crippen LogP) is 1.51. The highest BCUT2D eigenvalue weighted by atomic mass is 32.2. The van der Waals surface area contributed by atoms with Crippen molar-refractivity contribution in [3.63, 3.8) is 0 Å². The molecule has 2 rings (SSSR count). The van der Waals surface area contributed by atoms with Crippen molar-refractivity contribution >= 4 is 43.8 Å². The van der Waals surface area contributed by atoms with Gasteiger partial charge in [0.2, 0.25) is 0 Å². The highest BCUT2D eigenvalue weighted by Gasteiger charge is 2.20. The van der Waals surface area contributed by atoms with Gasteiger partial charge in [0.1, 0.15) is 9.79 Å². The monoisotopic (exact) mass is 370 g/mol. The first kappa shape index (κ1) is 17.9. The van der Waals surface area contributed by atoms with Gasteiger partial charge in [0.15, 0.2) is 0 Å². The quantitative estimate of drug-likeness (QED) is 0.358. The molecule has 0 aromatic heterocycles. The number of hydrogen-bond acceptors (Lipinski definition) is 6. The SMILES string of the molecule is Nc1ccc(C=Cc2ccccc2S(=O)(=O)O)c(S(=O)(=O)O)c1N. The van der Waals surface area contributed by atoms with Gasteiger partial charge in [-0.05, 0) is 23.3 Å². The maximum Gasteiger partial charge on any atom is 0.297 e. The topological polar surface area (TPSA) is 161 Å². The molecule has 2 aromatic carbocycles. The normalized spacial score (nSPS) is 12.6. The van der Waals surface area contributed by atoms with E-state index in [-0.39, 0.29) is 27.4 Å². The van der Waals surface area contributed by atoms with Gasteiger partial charge in [-0.3, -0.25) is 9.11 Å². The van der Waals surface area contributed by atoms with Crippen molar-refractivity contribution in [2.45, 2.75) is 9.79 Å². The van der Waals surface area contributed by atoms with Crippen LogP contribution in [0.15, 0.2) is 46.2 Å². The van der Waals surface area contributed by atoms with E-state index in [9.17, 15) is 25.9 Å². The third-order valence-corrected chi connectivity index (χ3v) is 5.06. The van der Waals surface area contributed by atoms with Gasteiger partial charge in [0.25, 0.3) is 20.2 Å². The van der Waals surface area contributed by atoms with Gasteiger partial charge in [-0.15, -0.1) is 0 Å². The van der Waals surface area contributed by atoms with Crippen molar-refractivity contribution < 1.29 is 25.9 Å². The Labute approximate surface area is 138 Å². The Bertz CT molecular complexity index is 1030. The molecule has 8 nitrogen and oxygen atoms in total. The van der Waals surface area contributed by atoms with Crippen LogP contribution in [0.4, 0.5) is 11.4 Å². The van der Waals surface area contributed by atoms with Gasteiger partial charge >= 0.3 is 0 Å². The van der Waals surface area contributed by atoms with Crippen LogP contribution >= 0.6 is 0 Å². The van der Waals surface area contributed by atoms with Gasteiger partial charge in [-0.25, -0.2) is 0 Å². The van der Waals surface area contributed by atoms with Crippen molar-refractivity contribution in [1.29, 1.82) is 0 Å². The summed E-state index contributed by atoms with van der Waals surface area (Å²) in [6, 6.07) is 8.21. The minimum absolute atomic E-state index is 0.00865. The molecule has 0 fully saturated rings. The lowest BCUT2D eigenvalue weighted by molar-refractivity contribution is 0.481. The zero-order chi connectivity index (χ0) is 18.1. The third kappa shape index (κ3) is 3.74.